The Kier molecular flexibility index (Phi) is 6.86. The van der Waals surface area contributed by atoms with Crippen molar-refractivity contribution < 1.29 is 23.8 Å². The normalized spacial score (nSPS) is 11.4. The molecule has 0 unspecified atom stereocenters. The van der Waals surface area contributed by atoms with Crippen molar-refractivity contribution >= 4 is 29.2 Å². The molecule has 0 spiro atoms. The third-order valence-electron chi connectivity index (χ3n) is 3.48. The maximum absolute atomic E-state index is 12.4. The van der Waals surface area contributed by atoms with Gasteiger partial charge in [-0.3, -0.25) is 4.79 Å². The number of nitrogens with one attached hydrogen (secondary N) is 1. The summed E-state index contributed by atoms with van der Waals surface area (Å²) in [6.07, 6.45) is -1.03. The summed E-state index contributed by atoms with van der Waals surface area (Å²) in [5.74, 6) is -0.330. The summed E-state index contributed by atoms with van der Waals surface area (Å²) in [7, 11) is 1.43. The Morgan fingerprint density at radius 3 is 2.58 bits per heavy atom. The predicted molar refractivity (Wildman–Crippen MR) is 99.1 cm³/mol. The fourth-order valence-electron chi connectivity index (χ4n) is 2.20. The number of carbonyl (C=O) groups excluding carboxylic acids is 2. The first kappa shape index (κ1) is 19.6. The summed E-state index contributed by atoms with van der Waals surface area (Å²) in [4.78, 5) is 24.7. The molecule has 0 aromatic heterocycles. The molecule has 0 fully saturated rings. The lowest BCUT2D eigenvalue weighted by atomic mass is 10.2. The van der Waals surface area contributed by atoms with E-state index in [-0.39, 0.29) is 5.56 Å². The SMILES string of the molecule is CCOc1ccccc1NC(=O)[C@@H](C)OC(=O)c1cc(Cl)ccc1OC. The molecule has 1 atom stereocenters. The Labute approximate surface area is 157 Å². The van der Waals surface area contributed by atoms with E-state index in [4.69, 9.17) is 25.8 Å². The third kappa shape index (κ3) is 4.89. The highest BCUT2D eigenvalue weighted by molar-refractivity contribution is 6.31. The smallest absolute Gasteiger partial charge is 0.342 e. The van der Waals surface area contributed by atoms with Crippen LogP contribution >= 0.6 is 11.6 Å². The Bertz CT molecular complexity index is 793. The first-order valence-electron chi connectivity index (χ1n) is 8.03. The molecule has 138 valence electrons. The Morgan fingerprint density at radius 2 is 1.88 bits per heavy atom. The topological polar surface area (TPSA) is 73.9 Å². The van der Waals surface area contributed by atoms with Gasteiger partial charge in [0, 0.05) is 5.02 Å². The number of halogens is 1. The zero-order valence-electron chi connectivity index (χ0n) is 14.7. The van der Waals surface area contributed by atoms with E-state index in [1.807, 2.05) is 6.92 Å². The van der Waals surface area contributed by atoms with Crippen LogP contribution in [0.2, 0.25) is 5.02 Å². The van der Waals surface area contributed by atoms with Crippen LogP contribution in [0, 0.1) is 0 Å². The number of rotatable bonds is 7. The van der Waals surface area contributed by atoms with Crippen molar-refractivity contribution in [2.45, 2.75) is 20.0 Å². The molecule has 6 nitrogen and oxygen atoms in total. The highest BCUT2D eigenvalue weighted by atomic mass is 35.5. The predicted octanol–water partition coefficient (Wildman–Crippen LogP) is 3.93. The second-order valence-electron chi connectivity index (χ2n) is 5.31. The highest BCUT2D eigenvalue weighted by Crippen LogP contribution is 2.25. The Hall–Kier alpha value is -2.73. The molecule has 0 aliphatic carbocycles. The van der Waals surface area contributed by atoms with E-state index in [0.717, 1.165) is 0 Å². The lowest BCUT2D eigenvalue weighted by Gasteiger charge is -2.16. The minimum absolute atomic E-state index is 0.148. The second kappa shape index (κ2) is 9.10. The second-order valence-corrected chi connectivity index (χ2v) is 5.75. The van der Waals surface area contributed by atoms with Crippen molar-refractivity contribution in [1.82, 2.24) is 0 Å². The summed E-state index contributed by atoms with van der Waals surface area (Å²) >= 11 is 5.91. The molecule has 0 bridgehead atoms. The van der Waals surface area contributed by atoms with Crippen LogP contribution in [0.1, 0.15) is 24.2 Å². The van der Waals surface area contributed by atoms with Gasteiger partial charge in [-0.2, -0.15) is 0 Å². The average Bonchev–Trinajstić information content (AvgIpc) is 2.63. The molecular formula is C19H20ClNO5. The number of benzene rings is 2. The summed E-state index contributed by atoms with van der Waals surface area (Å²) < 4.78 is 15.8. The molecule has 26 heavy (non-hydrogen) atoms. The summed E-state index contributed by atoms with van der Waals surface area (Å²) in [5, 5.41) is 3.06. The van der Waals surface area contributed by atoms with E-state index in [1.165, 1.54) is 20.1 Å². The van der Waals surface area contributed by atoms with Gasteiger partial charge < -0.3 is 19.5 Å². The average molecular weight is 378 g/mol. The number of esters is 1. The zero-order valence-corrected chi connectivity index (χ0v) is 15.5. The molecule has 1 amide bonds. The molecule has 2 aromatic carbocycles. The molecule has 7 heteroatoms. The third-order valence-corrected chi connectivity index (χ3v) is 3.71. The minimum atomic E-state index is -1.03. The van der Waals surface area contributed by atoms with Gasteiger partial charge in [-0.15, -0.1) is 0 Å². The first-order valence-corrected chi connectivity index (χ1v) is 8.41. The molecule has 0 radical (unpaired) electrons. The van der Waals surface area contributed by atoms with Gasteiger partial charge in [0.25, 0.3) is 5.91 Å². The van der Waals surface area contributed by atoms with E-state index in [1.54, 1.807) is 36.4 Å². The fourth-order valence-corrected chi connectivity index (χ4v) is 2.38. The summed E-state index contributed by atoms with van der Waals surface area (Å²) in [5.41, 5.74) is 0.650. The largest absolute Gasteiger partial charge is 0.496 e. The van der Waals surface area contributed by atoms with E-state index >= 15 is 0 Å². The number of amides is 1. The number of hydrogen-bond acceptors (Lipinski definition) is 5. The van der Waals surface area contributed by atoms with Gasteiger partial charge in [0.1, 0.15) is 17.1 Å². The first-order chi connectivity index (χ1) is 12.5. The van der Waals surface area contributed by atoms with E-state index in [0.29, 0.717) is 28.8 Å². The standard InChI is InChI=1S/C19H20ClNO5/c1-4-25-17-8-6-5-7-15(17)21-18(22)12(2)26-19(23)14-11-13(20)9-10-16(14)24-3/h5-12H,4H2,1-3H3,(H,21,22)/t12-/m1/s1. The van der Waals surface area contributed by atoms with Crippen molar-refractivity contribution in [2.24, 2.45) is 0 Å². The van der Waals surface area contributed by atoms with Crippen molar-refractivity contribution in [2.75, 3.05) is 19.0 Å². The minimum Gasteiger partial charge on any atom is -0.496 e. The molecule has 1 N–H and O–H groups in total. The number of ether oxygens (including phenoxy) is 3. The number of methoxy groups -OCH3 is 1. The van der Waals surface area contributed by atoms with Crippen molar-refractivity contribution in [1.29, 1.82) is 0 Å². The maximum Gasteiger partial charge on any atom is 0.342 e. The molecule has 0 saturated heterocycles. The monoisotopic (exact) mass is 377 g/mol. The van der Waals surface area contributed by atoms with E-state index in [2.05, 4.69) is 5.32 Å². The van der Waals surface area contributed by atoms with Gasteiger partial charge in [0.2, 0.25) is 0 Å². The molecule has 0 heterocycles. The van der Waals surface area contributed by atoms with Crippen LogP contribution in [0.3, 0.4) is 0 Å². The number of hydrogen-bond donors (Lipinski definition) is 1. The van der Waals surface area contributed by atoms with Gasteiger partial charge in [-0.05, 0) is 44.2 Å². The van der Waals surface area contributed by atoms with Gasteiger partial charge in [-0.25, -0.2) is 4.79 Å². The zero-order chi connectivity index (χ0) is 19.1. The van der Waals surface area contributed by atoms with Crippen LogP contribution in [0.25, 0.3) is 0 Å². The lowest BCUT2D eigenvalue weighted by molar-refractivity contribution is -0.123. The van der Waals surface area contributed by atoms with Crippen LogP contribution < -0.4 is 14.8 Å². The molecular weight excluding hydrogens is 358 g/mol. The van der Waals surface area contributed by atoms with Crippen molar-refractivity contribution in [3.05, 3.63) is 53.1 Å². The fraction of sp³-hybridized carbons (Fsp3) is 0.263. The van der Waals surface area contributed by atoms with Crippen molar-refractivity contribution in [3.8, 4) is 11.5 Å². The maximum atomic E-state index is 12.4. The van der Waals surface area contributed by atoms with Gasteiger partial charge in [-0.1, -0.05) is 23.7 Å². The lowest BCUT2D eigenvalue weighted by Crippen LogP contribution is -2.30. The molecule has 0 aliphatic heterocycles. The molecule has 0 aliphatic rings. The van der Waals surface area contributed by atoms with Gasteiger partial charge in [0.05, 0.1) is 19.4 Å². The van der Waals surface area contributed by atoms with Gasteiger partial charge in [0.15, 0.2) is 6.10 Å². The molecule has 2 rings (SSSR count). The Balaban J connectivity index is 2.08. The molecule has 2 aromatic rings. The van der Waals surface area contributed by atoms with Crippen molar-refractivity contribution in [3.63, 3.8) is 0 Å². The Morgan fingerprint density at radius 1 is 1.15 bits per heavy atom. The van der Waals surface area contributed by atoms with Crippen LogP contribution in [0.15, 0.2) is 42.5 Å². The van der Waals surface area contributed by atoms with Crippen LogP contribution in [-0.4, -0.2) is 31.7 Å². The summed E-state index contributed by atoms with van der Waals surface area (Å²) in [6, 6.07) is 11.6. The van der Waals surface area contributed by atoms with E-state index < -0.39 is 18.0 Å². The van der Waals surface area contributed by atoms with Crippen LogP contribution in [0.4, 0.5) is 5.69 Å². The quantitative estimate of drug-likeness (QED) is 0.740. The number of para-hydroxylation sites is 2. The van der Waals surface area contributed by atoms with Gasteiger partial charge >= 0.3 is 5.97 Å². The number of carbonyl (C=O) groups is 2. The molecule has 0 saturated carbocycles. The van der Waals surface area contributed by atoms with E-state index in [9.17, 15) is 9.59 Å². The highest BCUT2D eigenvalue weighted by Gasteiger charge is 2.22. The summed E-state index contributed by atoms with van der Waals surface area (Å²) in [6.45, 7) is 3.79. The van der Waals surface area contributed by atoms with Crippen LogP contribution in [-0.2, 0) is 9.53 Å². The number of anilines is 1. The van der Waals surface area contributed by atoms with Crippen LogP contribution in [0.5, 0.6) is 11.5 Å².